The molecule has 0 radical (unpaired) electrons. The quantitative estimate of drug-likeness (QED) is 0.654. The Morgan fingerprint density at radius 3 is 2.31 bits per heavy atom. The minimum Gasteiger partial charge on any atom is -0.369 e. The molecule has 16 heavy (non-hydrogen) atoms. The molecule has 0 unspecified atom stereocenters. The number of nitrogens with two attached hydrogens (primary N) is 1. The number of nitrogens with zero attached hydrogens (tertiary/aromatic N) is 1. The molecular formula is C9H14ClN3O3. The smallest absolute Gasteiger partial charge is 0.324 e. The van der Waals surface area contributed by atoms with Crippen LogP contribution < -0.4 is 11.1 Å². The van der Waals surface area contributed by atoms with Gasteiger partial charge in [0.15, 0.2) is 0 Å². The van der Waals surface area contributed by atoms with Gasteiger partial charge in [0.05, 0.1) is 0 Å². The zero-order valence-electron chi connectivity index (χ0n) is 8.74. The van der Waals surface area contributed by atoms with Crippen molar-refractivity contribution in [1.29, 1.82) is 0 Å². The molecule has 1 saturated heterocycles. The second kappa shape index (κ2) is 5.69. The lowest BCUT2D eigenvalue weighted by Gasteiger charge is -2.30. The minimum absolute atomic E-state index is 0.173. The fourth-order valence-corrected chi connectivity index (χ4v) is 1.67. The number of rotatable bonds is 2. The molecule has 0 spiro atoms. The Labute approximate surface area is 98.1 Å². The van der Waals surface area contributed by atoms with Crippen molar-refractivity contribution in [2.45, 2.75) is 12.8 Å². The van der Waals surface area contributed by atoms with Gasteiger partial charge in [-0.15, -0.1) is 11.6 Å². The largest absolute Gasteiger partial charge is 0.369 e. The molecule has 1 heterocycles. The Morgan fingerprint density at radius 2 is 1.88 bits per heavy atom. The first-order chi connectivity index (χ1) is 7.54. The lowest BCUT2D eigenvalue weighted by molar-refractivity contribution is -0.123. The van der Waals surface area contributed by atoms with Gasteiger partial charge in [0.25, 0.3) is 0 Å². The molecule has 0 aromatic rings. The average molecular weight is 248 g/mol. The topological polar surface area (TPSA) is 92.5 Å². The van der Waals surface area contributed by atoms with E-state index in [0.717, 1.165) is 0 Å². The van der Waals surface area contributed by atoms with Crippen LogP contribution in [0.1, 0.15) is 12.8 Å². The summed E-state index contributed by atoms with van der Waals surface area (Å²) in [5.41, 5.74) is 5.16. The summed E-state index contributed by atoms with van der Waals surface area (Å²) in [4.78, 5) is 34.7. The average Bonchev–Trinajstić information content (AvgIpc) is 2.28. The highest BCUT2D eigenvalue weighted by atomic mass is 35.5. The van der Waals surface area contributed by atoms with E-state index in [1.54, 1.807) is 0 Å². The van der Waals surface area contributed by atoms with Crippen LogP contribution in [-0.2, 0) is 9.59 Å². The second-order valence-corrected chi connectivity index (χ2v) is 3.92. The summed E-state index contributed by atoms with van der Waals surface area (Å²) in [7, 11) is 0. The Bertz CT molecular complexity index is 300. The number of alkyl halides is 1. The normalized spacial score (nSPS) is 16.9. The first-order valence-electron chi connectivity index (χ1n) is 4.98. The molecule has 1 aliphatic rings. The molecule has 0 aromatic heterocycles. The van der Waals surface area contributed by atoms with Crippen molar-refractivity contribution in [2.24, 2.45) is 11.7 Å². The third kappa shape index (κ3) is 3.37. The lowest BCUT2D eigenvalue weighted by atomic mass is 9.96. The van der Waals surface area contributed by atoms with Crippen molar-refractivity contribution < 1.29 is 14.4 Å². The van der Waals surface area contributed by atoms with Gasteiger partial charge in [-0.1, -0.05) is 0 Å². The summed E-state index contributed by atoms with van der Waals surface area (Å²) in [6.07, 6.45) is 1.08. The fourth-order valence-electron chi connectivity index (χ4n) is 1.60. The van der Waals surface area contributed by atoms with Crippen LogP contribution in [0.2, 0.25) is 0 Å². The van der Waals surface area contributed by atoms with Gasteiger partial charge in [0.1, 0.15) is 5.88 Å². The van der Waals surface area contributed by atoms with Gasteiger partial charge >= 0.3 is 6.03 Å². The number of nitrogens with one attached hydrogen (secondary N) is 1. The van der Waals surface area contributed by atoms with E-state index in [-0.39, 0.29) is 17.7 Å². The summed E-state index contributed by atoms with van der Waals surface area (Å²) in [5.74, 6) is -1.28. The molecule has 6 nitrogen and oxygen atoms in total. The molecule has 0 bridgehead atoms. The summed E-state index contributed by atoms with van der Waals surface area (Å²) in [6, 6.07) is -0.464. The number of hydrogen-bond donors (Lipinski definition) is 2. The molecule has 0 saturated carbocycles. The van der Waals surface area contributed by atoms with Gasteiger partial charge in [-0.2, -0.15) is 0 Å². The van der Waals surface area contributed by atoms with Crippen molar-refractivity contribution in [3.63, 3.8) is 0 Å². The number of halogens is 1. The van der Waals surface area contributed by atoms with E-state index in [4.69, 9.17) is 17.3 Å². The van der Waals surface area contributed by atoms with Crippen LogP contribution in [0.15, 0.2) is 0 Å². The summed E-state index contributed by atoms with van der Waals surface area (Å²) in [6.45, 7) is 0.851. The molecule has 1 fully saturated rings. The van der Waals surface area contributed by atoms with Crippen LogP contribution >= 0.6 is 11.6 Å². The Balaban J connectivity index is 2.38. The molecule has 3 N–H and O–H groups in total. The van der Waals surface area contributed by atoms with E-state index in [1.807, 2.05) is 0 Å². The molecule has 1 aliphatic heterocycles. The number of carbonyl (C=O) groups is 3. The van der Waals surface area contributed by atoms with Crippen LogP contribution in [0.25, 0.3) is 0 Å². The van der Waals surface area contributed by atoms with Gasteiger partial charge in [0, 0.05) is 19.0 Å². The molecule has 0 aromatic carbocycles. The summed E-state index contributed by atoms with van der Waals surface area (Å²) in [5, 5.41) is 2.14. The van der Waals surface area contributed by atoms with Gasteiger partial charge < -0.3 is 10.6 Å². The number of likely N-dealkylation sites (tertiary alicyclic amines) is 1. The standard InChI is InChI=1S/C9H14ClN3O3/c10-5-7(14)12-9(16)13-3-1-6(2-4-13)8(11)15/h6H,1-5H2,(H2,11,15)(H,12,14,16). The number of primary amides is 1. The highest BCUT2D eigenvalue weighted by Gasteiger charge is 2.26. The zero-order valence-corrected chi connectivity index (χ0v) is 9.50. The van der Waals surface area contributed by atoms with Crippen molar-refractivity contribution in [3.05, 3.63) is 0 Å². The van der Waals surface area contributed by atoms with Gasteiger partial charge in [0.2, 0.25) is 11.8 Å². The first-order valence-corrected chi connectivity index (χ1v) is 5.52. The highest BCUT2D eigenvalue weighted by molar-refractivity contribution is 6.28. The number of piperidine rings is 1. The van der Waals surface area contributed by atoms with Crippen LogP contribution in [0.4, 0.5) is 4.79 Å². The van der Waals surface area contributed by atoms with E-state index < -0.39 is 11.9 Å². The van der Waals surface area contributed by atoms with E-state index in [1.165, 1.54) is 4.90 Å². The van der Waals surface area contributed by atoms with E-state index >= 15 is 0 Å². The molecule has 1 rings (SSSR count). The fraction of sp³-hybridized carbons (Fsp3) is 0.667. The second-order valence-electron chi connectivity index (χ2n) is 3.65. The van der Waals surface area contributed by atoms with Gasteiger partial charge in [-0.05, 0) is 12.8 Å². The molecule has 90 valence electrons. The number of carbonyl (C=O) groups excluding carboxylic acids is 3. The van der Waals surface area contributed by atoms with E-state index in [2.05, 4.69) is 5.32 Å². The van der Waals surface area contributed by atoms with Crippen molar-refractivity contribution in [1.82, 2.24) is 10.2 Å². The number of urea groups is 1. The van der Waals surface area contributed by atoms with Crippen LogP contribution in [-0.4, -0.2) is 41.7 Å². The van der Waals surface area contributed by atoms with Crippen molar-refractivity contribution in [2.75, 3.05) is 19.0 Å². The summed E-state index contributed by atoms with van der Waals surface area (Å²) >= 11 is 5.26. The molecule has 7 heteroatoms. The van der Waals surface area contributed by atoms with E-state index in [9.17, 15) is 14.4 Å². The Morgan fingerprint density at radius 1 is 1.31 bits per heavy atom. The first kappa shape index (κ1) is 12.8. The number of hydrogen-bond acceptors (Lipinski definition) is 3. The monoisotopic (exact) mass is 247 g/mol. The minimum atomic E-state index is -0.524. The molecular weight excluding hydrogens is 234 g/mol. The maximum absolute atomic E-state index is 11.5. The van der Waals surface area contributed by atoms with Crippen molar-refractivity contribution in [3.8, 4) is 0 Å². The number of imide groups is 1. The van der Waals surface area contributed by atoms with Gasteiger partial charge in [-0.3, -0.25) is 14.9 Å². The van der Waals surface area contributed by atoms with Crippen LogP contribution in [0.3, 0.4) is 0 Å². The number of amides is 4. The third-order valence-corrected chi connectivity index (χ3v) is 2.80. The third-order valence-electron chi connectivity index (χ3n) is 2.55. The molecule has 4 amide bonds. The predicted molar refractivity (Wildman–Crippen MR) is 57.8 cm³/mol. The Hall–Kier alpha value is -1.30. The Kier molecular flexibility index (Phi) is 4.54. The van der Waals surface area contributed by atoms with Crippen molar-refractivity contribution >= 4 is 29.4 Å². The van der Waals surface area contributed by atoms with Crippen LogP contribution in [0, 0.1) is 5.92 Å². The highest BCUT2D eigenvalue weighted by Crippen LogP contribution is 2.16. The van der Waals surface area contributed by atoms with Gasteiger partial charge in [-0.25, -0.2) is 4.79 Å². The van der Waals surface area contributed by atoms with E-state index in [0.29, 0.717) is 25.9 Å². The van der Waals surface area contributed by atoms with Crippen LogP contribution in [0.5, 0.6) is 0 Å². The zero-order chi connectivity index (χ0) is 12.1. The molecule has 0 atom stereocenters. The predicted octanol–water partition coefficient (Wildman–Crippen LogP) is -0.341. The maximum Gasteiger partial charge on any atom is 0.324 e. The lowest BCUT2D eigenvalue weighted by Crippen LogP contribution is -2.48. The maximum atomic E-state index is 11.5. The molecule has 0 aliphatic carbocycles. The summed E-state index contributed by atoms with van der Waals surface area (Å²) < 4.78 is 0. The SMILES string of the molecule is NC(=O)C1CCN(C(=O)NC(=O)CCl)CC1.